The Bertz CT molecular complexity index is 710. The predicted molar refractivity (Wildman–Crippen MR) is 93.8 cm³/mol. The van der Waals surface area contributed by atoms with Gasteiger partial charge >= 0.3 is 0 Å². The van der Waals surface area contributed by atoms with Crippen LogP contribution in [0.15, 0.2) is 48.8 Å². The quantitative estimate of drug-likeness (QED) is 0.878. The lowest BCUT2D eigenvalue weighted by Crippen LogP contribution is -2.16. The molecule has 1 aromatic carbocycles. The van der Waals surface area contributed by atoms with Gasteiger partial charge < -0.3 is 10.6 Å². The number of carbonyl (C=O) groups is 2. The van der Waals surface area contributed by atoms with E-state index in [0.717, 1.165) is 12.8 Å². The lowest BCUT2D eigenvalue weighted by molar-refractivity contribution is -0.117. The average molecular weight is 323 g/mol. The first-order valence-corrected chi connectivity index (χ1v) is 8.32. The van der Waals surface area contributed by atoms with Crippen molar-refractivity contribution < 1.29 is 9.59 Å². The maximum Gasteiger partial charge on any atom is 0.257 e. The molecule has 2 amide bonds. The standard InChI is InChI=1S/C19H21N3O2/c23-18(11-14-5-1-2-6-14)21-16-8-3-9-17(12-16)22-19(24)15-7-4-10-20-13-15/h3-4,7-10,12-14H,1-2,5-6,11H2,(H,21,23)(H,22,24). The van der Waals surface area contributed by atoms with Crippen molar-refractivity contribution in [1.82, 2.24) is 4.98 Å². The summed E-state index contributed by atoms with van der Waals surface area (Å²) in [5.74, 6) is 0.327. The monoisotopic (exact) mass is 323 g/mol. The Balaban J connectivity index is 1.59. The van der Waals surface area contributed by atoms with Crippen molar-refractivity contribution in [1.29, 1.82) is 0 Å². The zero-order valence-corrected chi connectivity index (χ0v) is 13.5. The van der Waals surface area contributed by atoms with Crippen LogP contribution in [0.2, 0.25) is 0 Å². The van der Waals surface area contributed by atoms with E-state index in [1.807, 2.05) is 12.1 Å². The van der Waals surface area contributed by atoms with E-state index in [-0.39, 0.29) is 11.8 Å². The number of anilines is 2. The molecule has 24 heavy (non-hydrogen) atoms. The highest BCUT2D eigenvalue weighted by atomic mass is 16.2. The summed E-state index contributed by atoms with van der Waals surface area (Å²) in [6.07, 6.45) is 8.47. The summed E-state index contributed by atoms with van der Waals surface area (Å²) in [4.78, 5) is 28.2. The minimum atomic E-state index is -0.225. The van der Waals surface area contributed by atoms with E-state index in [4.69, 9.17) is 0 Å². The maximum absolute atomic E-state index is 12.1. The first-order chi connectivity index (χ1) is 11.7. The summed E-state index contributed by atoms with van der Waals surface area (Å²) in [6.45, 7) is 0. The van der Waals surface area contributed by atoms with Crippen molar-refractivity contribution >= 4 is 23.2 Å². The zero-order chi connectivity index (χ0) is 16.8. The third-order valence-electron chi connectivity index (χ3n) is 4.28. The summed E-state index contributed by atoms with van der Waals surface area (Å²) in [7, 11) is 0. The van der Waals surface area contributed by atoms with Gasteiger partial charge in [-0.2, -0.15) is 0 Å². The Morgan fingerprint density at radius 1 is 1.04 bits per heavy atom. The fourth-order valence-corrected chi connectivity index (χ4v) is 3.06. The fraction of sp³-hybridized carbons (Fsp3) is 0.316. The molecular weight excluding hydrogens is 302 g/mol. The second kappa shape index (κ2) is 7.73. The van der Waals surface area contributed by atoms with Gasteiger partial charge in [0.1, 0.15) is 0 Å². The molecule has 0 spiro atoms. The van der Waals surface area contributed by atoms with Crippen LogP contribution in [0.5, 0.6) is 0 Å². The van der Waals surface area contributed by atoms with Crippen molar-refractivity contribution in [3.63, 3.8) is 0 Å². The van der Waals surface area contributed by atoms with Gasteiger partial charge in [0.05, 0.1) is 5.56 Å². The first-order valence-electron chi connectivity index (χ1n) is 8.32. The summed E-state index contributed by atoms with van der Waals surface area (Å²) >= 11 is 0. The molecule has 3 rings (SSSR count). The number of amides is 2. The van der Waals surface area contributed by atoms with Crippen LogP contribution in [-0.4, -0.2) is 16.8 Å². The van der Waals surface area contributed by atoms with Crippen molar-refractivity contribution in [2.45, 2.75) is 32.1 Å². The second-order valence-corrected chi connectivity index (χ2v) is 6.18. The normalized spacial score (nSPS) is 14.3. The number of rotatable bonds is 5. The van der Waals surface area contributed by atoms with E-state index in [9.17, 15) is 9.59 Å². The average Bonchev–Trinajstić information content (AvgIpc) is 3.08. The minimum Gasteiger partial charge on any atom is -0.326 e. The Labute approximate surface area is 141 Å². The molecule has 0 bridgehead atoms. The number of hydrogen-bond acceptors (Lipinski definition) is 3. The Morgan fingerprint density at radius 3 is 2.50 bits per heavy atom. The molecule has 0 saturated heterocycles. The number of pyridine rings is 1. The molecule has 5 heteroatoms. The maximum atomic E-state index is 12.1. The highest BCUT2D eigenvalue weighted by molar-refractivity contribution is 6.04. The van der Waals surface area contributed by atoms with E-state index in [1.165, 1.54) is 19.0 Å². The molecule has 1 fully saturated rings. The van der Waals surface area contributed by atoms with Crippen LogP contribution in [0.1, 0.15) is 42.5 Å². The van der Waals surface area contributed by atoms with Crippen LogP contribution in [0.25, 0.3) is 0 Å². The molecule has 1 saturated carbocycles. The molecular formula is C19H21N3O2. The minimum absolute atomic E-state index is 0.0395. The molecule has 1 aliphatic carbocycles. The predicted octanol–water partition coefficient (Wildman–Crippen LogP) is 3.85. The van der Waals surface area contributed by atoms with Gasteiger partial charge in [0.2, 0.25) is 5.91 Å². The molecule has 0 radical (unpaired) electrons. The van der Waals surface area contributed by atoms with Crippen LogP contribution < -0.4 is 10.6 Å². The molecule has 1 aliphatic rings. The van der Waals surface area contributed by atoms with E-state index >= 15 is 0 Å². The molecule has 0 unspecified atom stereocenters. The van der Waals surface area contributed by atoms with Crippen LogP contribution in [-0.2, 0) is 4.79 Å². The lowest BCUT2D eigenvalue weighted by Gasteiger charge is -2.11. The van der Waals surface area contributed by atoms with E-state index in [1.54, 1.807) is 30.5 Å². The number of nitrogens with one attached hydrogen (secondary N) is 2. The SMILES string of the molecule is O=C(CC1CCCC1)Nc1cccc(NC(=O)c2cccnc2)c1. The largest absolute Gasteiger partial charge is 0.326 e. The van der Waals surface area contributed by atoms with Gasteiger partial charge in [-0.05, 0) is 49.1 Å². The zero-order valence-electron chi connectivity index (χ0n) is 13.5. The molecule has 1 heterocycles. The van der Waals surface area contributed by atoms with Crippen molar-refractivity contribution in [2.75, 3.05) is 10.6 Å². The number of nitrogens with zero attached hydrogens (tertiary/aromatic N) is 1. The van der Waals surface area contributed by atoms with Crippen molar-refractivity contribution in [3.05, 3.63) is 54.4 Å². The number of hydrogen-bond donors (Lipinski definition) is 2. The van der Waals surface area contributed by atoms with E-state index in [2.05, 4.69) is 15.6 Å². The van der Waals surface area contributed by atoms with Gasteiger partial charge in [0, 0.05) is 30.2 Å². The van der Waals surface area contributed by atoms with E-state index < -0.39 is 0 Å². The van der Waals surface area contributed by atoms with Gasteiger partial charge in [0.25, 0.3) is 5.91 Å². The first kappa shape index (κ1) is 16.2. The Kier molecular flexibility index (Phi) is 5.21. The molecule has 124 valence electrons. The molecule has 0 atom stereocenters. The van der Waals surface area contributed by atoms with Crippen LogP contribution in [0, 0.1) is 5.92 Å². The summed E-state index contributed by atoms with van der Waals surface area (Å²) in [6, 6.07) is 10.6. The van der Waals surface area contributed by atoms with Crippen molar-refractivity contribution in [3.8, 4) is 0 Å². The van der Waals surface area contributed by atoms with Crippen LogP contribution >= 0.6 is 0 Å². The van der Waals surface area contributed by atoms with Crippen molar-refractivity contribution in [2.24, 2.45) is 5.92 Å². The molecule has 1 aromatic heterocycles. The van der Waals surface area contributed by atoms with Crippen LogP contribution in [0.3, 0.4) is 0 Å². The van der Waals surface area contributed by atoms with Gasteiger partial charge in [0.15, 0.2) is 0 Å². The summed E-state index contributed by atoms with van der Waals surface area (Å²) in [5.41, 5.74) is 1.83. The van der Waals surface area contributed by atoms with Gasteiger partial charge in [-0.15, -0.1) is 0 Å². The third kappa shape index (κ3) is 4.41. The molecule has 0 aliphatic heterocycles. The summed E-state index contributed by atoms with van der Waals surface area (Å²) in [5, 5.41) is 5.73. The number of benzene rings is 1. The van der Waals surface area contributed by atoms with Gasteiger partial charge in [-0.25, -0.2) is 0 Å². The van der Waals surface area contributed by atoms with E-state index in [0.29, 0.717) is 29.3 Å². The summed E-state index contributed by atoms with van der Waals surface area (Å²) < 4.78 is 0. The second-order valence-electron chi connectivity index (χ2n) is 6.18. The third-order valence-corrected chi connectivity index (χ3v) is 4.28. The van der Waals surface area contributed by atoms with Crippen LogP contribution in [0.4, 0.5) is 11.4 Å². The number of aromatic nitrogens is 1. The lowest BCUT2D eigenvalue weighted by atomic mass is 10.0. The smallest absolute Gasteiger partial charge is 0.257 e. The fourth-order valence-electron chi connectivity index (χ4n) is 3.06. The number of carbonyl (C=O) groups excluding carboxylic acids is 2. The highest BCUT2D eigenvalue weighted by Gasteiger charge is 2.18. The highest BCUT2D eigenvalue weighted by Crippen LogP contribution is 2.28. The van der Waals surface area contributed by atoms with Gasteiger partial charge in [-0.1, -0.05) is 18.9 Å². The molecule has 5 nitrogen and oxygen atoms in total. The van der Waals surface area contributed by atoms with Gasteiger partial charge in [-0.3, -0.25) is 14.6 Å². The topological polar surface area (TPSA) is 71.1 Å². The Hall–Kier alpha value is -2.69. The molecule has 2 N–H and O–H groups in total. The Morgan fingerprint density at radius 2 is 1.79 bits per heavy atom. The molecule has 2 aromatic rings.